The number of fused-ring (bicyclic) bond motifs is 1. The molecule has 2 aromatic rings. The van der Waals surface area contributed by atoms with E-state index in [-0.39, 0.29) is 48.7 Å². The highest BCUT2D eigenvalue weighted by molar-refractivity contribution is 5.98. The summed E-state index contributed by atoms with van der Waals surface area (Å²) < 4.78 is 29.5. The number of carbonyl (C=O) groups is 1. The van der Waals surface area contributed by atoms with Gasteiger partial charge >= 0.3 is 5.69 Å². The molecule has 0 bridgehead atoms. The van der Waals surface area contributed by atoms with E-state index in [9.17, 15) is 23.2 Å². The van der Waals surface area contributed by atoms with Crippen molar-refractivity contribution in [1.29, 1.82) is 0 Å². The lowest BCUT2D eigenvalue weighted by Crippen LogP contribution is -2.47. The van der Waals surface area contributed by atoms with Crippen molar-refractivity contribution in [2.75, 3.05) is 35.2 Å². The third-order valence-corrected chi connectivity index (χ3v) is 5.50. The molecule has 8 nitrogen and oxygen atoms in total. The Kier molecular flexibility index (Phi) is 7.24. The molecule has 0 saturated heterocycles. The zero-order chi connectivity index (χ0) is 24.4. The number of aromatic amines is 1. The quantitative estimate of drug-likeness (QED) is 0.657. The first-order valence-electron chi connectivity index (χ1n) is 11.1. The van der Waals surface area contributed by atoms with Crippen molar-refractivity contribution < 1.29 is 13.6 Å². The summed E-state index contributed by atoms with van der Waals surface area (Å²) in [5.41, 5.74) is 5.46. The molecule has 10 heteroatoms. The SMILES string of the molecule is CC(C)CN(C(=O)CN1CCCc2cc(F)cc(F)c21)c1c(N)n(CC(C)C)c(=O)[nH]c1=O. The van der Waals surface area contributed by atoms with Crippen LogP contribution in [0.25, 0.3) is 0 Å². The summed E-state index contributed by atoms with van der Waals surface area (Å²) in [5, 5.41) is 0. The molecule has 0 fully saturated rings. The molecule has 3 N–H and O–H groups in total. The number of nitrogen functional groups attached to an aromatic ring is 1. The first kappa shape index (κ1) is 24.5. The molecule has 0 saturated carbocycles. The van der Waals surface area contributed by atoms with Crippen molar-refractivity contribution in [3.63, 3.8) is 0 Å². The number of nitrogens with two attached hydrogens (primary N) is 1. The molecule has 180 valence electrons. The molecule has 1 aliphatic rings. The highest BCUT2D eigenvalue weighted by Gasteiger charge is 2.29. The van der Waals surface area contributed by atoms with Gasteiger partial charge in [0.25, 0.3) is 5.56 Å². The van der Waals surface area contributed by atoms with Gasteiger partial charge in [0.05, 0.1) is 12.2 Å². The van der Waals surface area contributed by atoms with Crippen molar-refractivity contribution >= 4 is 23.1 Å². The Morgan fingerprint density at radius 1 is 1.18 bits per heavy atom. The molecule has 1 aromatic heterocycles. The van der Waals surface area contributed by atoms with E-state index in [1.54, 1.807) is 4.90 Å². The van der Waals surface area contributed by atoms with Gasteiger partial charge in [-0.15, -0.1) is 0 Å². The molecule has 0 atom stereocenters. The van der Waals surface area contributed by atoms with E-state index in [1.807, 2.05) is 27.7 Å². The number of hydrogen-bond donors (Lipinski definition) is 2. The number of carbonyl (C=O) groups excluding carboxylic acids is 1. The summed E-state index contributed by atoms with van der Waals surface area (Å²) in [6.45, 7) is 8.21. The van der Waals surface area contributed by atoms with Gasteiger partial charge in [0, 0.05) is 25.7 Å². The van der Waals surface area contributed by atoms with E-state index >= 15 is 0 Å². The monoisotopic (exact) mass is 463 g/mol. The number of amides is 1. The van der Waals surface area contributed by atoms with E-state index in [0.717, 1.165) is 6.07 Å². The van der Waals surface area contributed by atoms with Gasteiger partial charge in [0.1, 0.15) is 17.5 Å². The van der Waals surface area contributed by atoms with Gasteiger partial charge in [-0.1, -0.05) is 27.7 Å². The van der Waals surface area contributed by atoms with Crippen LogP contribution in [0.2, 0.25) is 0 Å². The average Bonchev–Trinajstić information content (AvgIpc) is 2.69. The first-order valence-corrected chi connectivity index (χ1v) is 11.1. The second-order valence-electron chi connectivity index (χ2n) is 9.32. The number of rotatable bonds is 7. The number of anilines is 3. The maximum atomic E-state index is 14.6. The molecule has 1 aromatic carbocycles. The van der Waals surface area contributed by atoms with Crippen LogP contribution >= 0.6 is 0 Å². The standard InChI is InChI=1S/C23H31F2N5O3/c1-13(2)10-29(20-21(26)30(11-14(3)4)23(33)27-22(20)32)18(31)12-28-7-5-6-15-8-16(24)9-17(25)19(15)28/h8-9,13-14H,5-7,10-12,26H2,1-4H3,(H,27,32,33). The molecule has 0 unspecified atom stereocenters. The fourth-order valence-corrected chi connectivity index (χ4v) is 4.21. The van der Waals surface area contributed by atoms with Crippen LogP contribution in [-0.4, -0.2) is 35.1 Å². The lowest BCUT2D eigenvalue weighted by Gasteiger charge is -2.34. The van der Waals surface area contributed by atoms with Gasteiger partial charge in [0.2, 0.25) is 5.91 Å². The Balaban J connectivity index is 2.02. The molecule has 2 heterocycles. The Hall–Kier alpha value is -3.17. The highest BCUT2D eigenvalue weighted by atomic mass is 19.1. The number of nitrogens with one attached hydrogen (secondary N) is 1. The molecular weight excluding hydrogens is 432 g/mol. The molecule has 3 rings (SSSR count). The summed E-state index contributed by atoms with van der Waals surface area (Å²) in [6, 6.07) is 2.09. The van der Waals surface area contributed by atoms with E-state index in [0.29, 0.717) is 24.9 Å². The van der Waals surface area contributed by atoms with Crippen molar-refractivity contribution in [2.24, 2.45) is 11.8 Å². The number of aromatic nitrogens is 2. The molecule has 1 aliphatic heterocycles. The normalized spacial score (nSPS) is 13.5. The van der Waals surface area contributed by atoms with Gasteiger partial charge in [-0.2, -0.15) is 0 Å². The lowest BCUT2D eigenvalue weighted by atomic mass is 10.0. The topological polar surface area (TPSA) is 104 Å². The minimum atomic E-state index is -0.751. The second kappa shape index (κ2) is 9.76. The Labute approximate surface area is 191 Å². The number of H-pyrrole nitrogens is 1. The van der Waals surface area contributed by atoms with Crippen LogP contribution in [0, 0.1) is 23.5 Å². The van der Waals surface area contributed by atoms with E-state index < -0.39 is 28.8 Å². The van der Waals surface area contributed by atoms with Crippen molar-refractivity contribution in [2.45, 2.75) is 47.1 Å². The first-order chi connectivity index (χ1) is 15.5. The molecule has 0 aliphatic carbocycles. The molecule has 0 radical (unpaired) electrons. The summed E-state index contributed by atoms with van der Waals surface area (Å²) in [7, 11) is 0. The predicted octanol–water partition coefficient (Wildman–Crippen LogP) is 2.49. The lowest BCUT2D eigenvalue weighted by molar-refractivity contribution is -0.117. The van der Waals surface area contributed by atoms with Gasteiger partial charge in [-0.25, -0.2) is 13.6 Å². The molecular formula is C23H31F2N5O3. The van der Waals surface area contributed by atoms with Gasteiger partial charge in [-0.05, 0) is 36.3 Å². The zero-order valence-corrected chi connectivity index (χ0v) is 19.5. The number of aryl methyl sites for hydroxylation is 1. The van der Waals surface area contributed by atoms with Crippen LogP contribution < -0.4 is 26.8 Å². The van der Waals surface area contributed by atoms with Crippen LogP contribution in [-0.2, 0) is 17.8 Å². The smallest absolute Gasteiger partial charge is 0.330 e. The maximum Gasteiger partial charge on any atom is 0.330 e. The van der Waals surface area contributed by atoms with Crippen LogP contribution in [0.5, 0.6) is 0 Å². The fourth-order valence-electron chi connectivity index (χ4n) is 4.21. The second-order valence-corrected chi connectivity index (χ2v) is 9.32. The Morgan fingerprint density at radius 3 is 2.52 bits per heavy atom. The summed E-state index contributed by atoms with van der Waals surface area (Å²) in [6.07, 6.45) is 1.15. The highest BCUT2D eigenvalue weighted by Crippen LogP contribution is 2.31. The van der Waals surface area contributed by atoms with E-state index in [4.69, 9.17) is 5.73 Å². The predicted molar refractivity (Wildman–Crippen MR) is 125 cm³/mol. The maximum absolute atomic E-state index is 14.6. The number of nitrogens with zero attached hydrogens (tertiary/aromatic N) is 3. The number of benzene rings is 1. The van der Waals surface area contributed by atoms with Gasteiger partial charge in [-0.3, -0.25) is 19.1 Å². The largest absolute Gasteiger partial charge is 0.383 e. The van der Waals surface area contributed by atoms with Crippen molar-refractivity contribution in [3.8, 4) is 0 Å². The Bertz CT molecular complexity index is 1160. The number of halogens is 2. The number of hydrogen-bond acceptors (Lipinski definition) is 5. The van der Waals surface area contributed by atoms with Gasteiger partial charge < -0.3 is 15.5 Å². The Morgan fingerprint density at radius 2 is 1.88 bits per heavy atom. The van der Waals surface area contributed by atoms with Crippen LogP contribution in [0.4, 0.5) is 26.0 Å². The van der Waals surface area contributed by atoms with Crippen molar-refractivity contribution in [1.82, 2.24) is 9.55 Å². The van der Waals surface area contributed by atoms with Crippen LogP contribution in [0.15, 0.2) is 21.7 Å². The van der Waals surface area contributed by atoms with Crippen LogP contribution in [0.3, 0.4) is 0 Å². The molecule has 33 heavy (non-hydrogen) atoms. The fraction of sp³-hybridized carbons (Fsp3) is 0.522. The summed E-state index contributed by atoms with van der Waals surface area (Å²) >= 11 is 0. The minimum Gasteiger partial charge on any atom is -0.383 e. The summed E-state index contributed by atoms with van der Waals surface area (Å²) in [5.74, 6) is -1.88. The zero-order valence-electron chi connectivity index (χ0n) is 19.5. The third kappa shape index (κ3) is 5.26. The van der Waals surface area contributed by atoms with Crippen LogP contribution in [0.1, 0.15) is 39.7 Å². The van der Waals surface area contributed by atoms with Gasteiger partial charge in [0.15, 0.2) is 5.69 Å². The molecule has 0 spiro atoms. The third-order valence-electron chi connectivity index (χ3n) is 5.50. The average molecular weight is 464 g/mol. The molecule has 1 amide bonds. The summed E-state index contributed by atoms with van der Waals surface area (Å²) in [4.78, 5) is 43.6. The van der Waals surface area contributed by atoms with E-state index in [1.165, 1.54) is 15.5 Å². The minimum absolute atomic E-state index is 0.0160. The van der Waals surface area contributed by atoms with E-state index in [2.05, 4.69) is 4.98 Å². The van der Waals surface area contributed by atoms with Crippen molar-refractivity contribution in [3.05, 3.63) is 50.2 Å².